The lowest BCUT2D eigenvalue weighted by Crippen LogP contribution is -2.05. The van der Waals surface area contributed by atoms with E-state index in [1.165, 1.54) is 6.07 Å². The summed E-state index contributed by atoms with van der Waals surface area (Å²) >= 11 is 0. The van der Waals surface area contributed by atoms with E-state index in [2.05, 4.69) is 0 Å². The Morgan fingerprint density at radius 2 is 1.53 bits per heavy atom. The minimum Gasteiger partial charge on any atom is -0.507 e. The molecule has 0 spiro atoms. The van der Waals surface area contributed by atoms with Gasteiger partial charge >= 0.3 is 12.4 Å². The first-order valence-electron chi connectivity index (χ1n) is 5.08. The van der Waals surface area contributed by atoms with Crippen LogP contribution in [0.2, 0.25) is 0 Å². The summed E-state index contributed by atoms with van der Waals surface area (Å²) in [5.74, 6) is -0.829. The second kappa shape index (κ2) is 6.65. The largest absolute Gasteiger partial charge is 0.507 e. The molecule has 110 valence electrons. The van der Waals surface area contributed by atoms with E-state index in [-0.39, 0.29) is 5.56 Å². The van der Waals surface area contributed by atoms with E-state index in [9.17, 15) is 26.3 Å². The number of benzene rings is 1. The quantitative estimate of drug-likeness (QED) is 0.771. The predicted molar refractivity (Wildman–Crippen MR) is 55.4 cm³/mol. The Morgan fingerprint density at radius 1 is 1.05 bits per heavy atom. The first kappa shape index (κ1) is 17.6. The molecule has 0 aliphatic rings. The third-order valence-electron chi connectivity index (χ3n) is 1.95. The number of aliphatic hydroxyl groups excluding tert-OH is 1. The van der Waals surface area contributed by atoms with E-state index >= 15 is 0 Å². The molecule has 0 atom stereocenters. The fourth-order valence-electron chi connectivity index (χ4n) is 0.909. The summed E-state index contributed by atoms with van der Waals surface area (Å²) in [5.41, 5.74) is -1.01. The Kier molecular flexibility index (Phi) is 6.14. The lowest BCUT2D eigenvalue weighted by molar-refractivity contribution is -0.138. The van der Waals surface area contributed by atoms with Crippen molar-refractivity contribution in [3.8, 4) is 5.75 Å². The maximum atomic E-state index is 12.1. The number of aromatic hydroxyl groups is 1. The van der Waals surface area contributed by atoms with E-state index in [4.69, 9.17) is 10.2 Å². The molecule has 0 radical (unpaired) electrons. The summed E-state index contributed by atoms with van der Waals surface area (Å²) in [6, 6.07) is 2.86. The molecule has 19 heavy (non-hydrogen) atoms. The Bertz CT molecular complexity index is 397. The minimum absolute atomic E-state index is 0.116. The van der Waals surface area contributed by atoms with Gasteiger partial charge in [0, 0.05) is 6.42 Å². The van der Waals surface area contributed by atoms with Gasteiger partial charge in [0.05, 0.1) is 12.2 Å². The van der Waals surface area contributed by atoms with Gasteiger partial charge in [-0.25, -0.2) is 0 Å². The molecule has 0 unspecified atom stereocenters. The van der Waals surface area contributed by atoms with Gasteiger partial charge < -0.3 is 10.2 Å². The Labute approximate surface area is 105 Å². The maximum absolute atomic E-state index is 12.1. The monoisotopic (exact) mass is 290 g/mol. The van der Waals surface area contributed by atoms with Gasteiger partial charge in [-0.05, 0) is 17.7 Å². The number of hydrogen-bond acceptors (Lipinski definition) is 2. The predicted octanol–water partition coefficient (Wildman–Crippen LogP) is 3.86. The van der Waals surface area contributed by atoms with Gasteiger partial charge in [0.25, 0.3) is 0 Å². The summed E-state index contributed by atoms with van der Waals surface area (Å²) in [5, 5.41) is 17.4. The van der Waals surface area contributed by atoms with Crippen LogP contribution in [0, 0.1) is 0 Å². The Balaban J connectivity index is 0.000000459. The lowest BCUT2D eigenvalue weighted by Gasteiger charge is -2.09. The molecular formula is C11H12F6O2. The standard InChI is InChI=1S/C8H7F3O2.C3H5F3/c9-8(10,11)6-3-5(4-12)1-2-7(6)13;1-2-3(4,5)6/h1-3,12-13H,4H2;2H2,1H3. The summed E-state index contributed by atoms with van der Waals surface area (Å²) in [6.45, 7) is 0.601. The van der Waals surface area contributed by atoms with Crippen molar-refractivity contribution in [2.24, 2.45) is 0 Å². The van der Waals surface area contributed by atoms with Crippen LogP contribution in [0.15, 0.2) is 18.2 Å². The zero-order chi connectivity index (χ0) is 15.3. The van der Waals surface area contributed by atoms with Crippen LogP contribution in [0.4, 0.5) is 26.3 Å². The summed E-state index contributed by atoms with van der Waals surface area (Å²) < 4.78 is 68.7. The highest BCUT2D eigenvalue weighted by molar-refractivity contribution is 5.37. The fraction of sp³-hybridized carbons (Fsp3) is 0.455. The minimum atomic E-state index is -4.59. The number of hydrogen-bond donors (Lipinski definition) is 2. The number of phenols is 1. The molecule has 1 aromatic rings. The highest BCUT2D eigenvalue weighted by Gasteiger charge is 2.33. The van der Waals surface area contributed by atoms with Crippen LogP contribution in [0.1, 0.15) is 24.5 Å². The highest BCUT2D eigenvalue weighted by Crippen LogP contribution is 2.35. The molecular weight excluding hydrogens is 278 g/mol. The van der Waals surface area contributed by atoms with Gasteiger partial charge in [-0.2, -0.15) is 26.3 Å². The first-order valence-corrected chi connectivity index (χ1v) is 5.08. The van der Waals surface area contributed by atoms with Crippen LogP contribution in [0.25, 0.3) is 0 Å². The van der Waals surface area contributed by atoms with Crippen molar-refractivity contribution in [2.45, 2.75) is 32.3 Å². The molecule has 0 saturated heterocycles. The van der Waals surface area contributed by atoms with Crippen molar-refractivity contribution >= 4 is 0 Å². The third kappa shape index (κ3) is 6.90. The molecule has 1 aromatic carbocycles. The van der Waals surface area contributed by atoms with E-state index in [1.807, 2.05) is 0 Å². The molecule has 0 aliphatic carbocycles. The number of rotatable bonds is 1. The number of halogens is 6. The SMILES string of the molecule is CCC(F)(F)F.OCc1ccc(O)c(C(F)(F)F)c1. The van der Waals surface area contributed by atoms with Gasteiger partial charge in [0.2, 0.25) is 0 Å². The molecule has 0 bridgehead atoms. The van der Waals surface area contributed by atoms with Gasteiger partial charge in [-0.15, -0.1) is 0 Å². The van der Waals surface area contributed by atoms with Gasteiger partial charge in [-0.1, -0.05) is 13.0 Å². The Hall–Kier alpha value is -1.44. The van der Waals surface area contributed by atoms with E-state index in [1.54, 1.807) is 0 Å². The van der Waals surface area contributed by atoms with Crippen molar-refractivity contribution in [3.05, 3.63) is 29.3 Å². The second-order valence-electron chi connectivity index (χ2n) is 3.48. The van der Waals surface area contributed by atoms with E-state index in [0.29, 0.717) is 0 Å². The average Bonchev–Trinajstić information content (AvgIpc) is 2.28. The summed E-state index contributed by atoms with van der Waals surface area (Å²) in [6.07, 6.45) is -9.28. The lowest BCUT2D eigenvalue weighted by atomic mass is 10.1. The second-order valence-corrected chi connectivity index (χ2v) is 3.48. The average molecular weight is 290 g/mol. The van der Waals surface area contributed by atoms with Crippen LogP contribution in [0.3, 0.4) is 0 Å². The molecule has 8 heteroatoms. The van der Waals surface area contributed by atoms with Crippen LogP contribution >= 0.6 is 0 Å². The van der Waals surface area contributed by atoms with Gasteiger partial charge in [-0.3, -0.25) is 0 Å². The van der Waals surface area contributed by atoms with Crippen LogP contribution in [-0.2, 0) is 12.8 Å². The normalized spacial score (nSPS) is 11.8. The molecule has 0 aliphatic heterocycles. The summed E-state index contributed by atoms with van der Waals surface area (Å²) in [7, 11) is 0. The third-order valence-corrected chi connectivity index (χ3v) is 1.95. The van der Waals surface area contributed by atoms with Crippen molar-refractivity contribution < 1.29 is 36.6 Å². The van der Waals surface area contributed by atoms with Crippen molar-refractivity contribution in [1.82, 2.24) is 0 Å². The highest BCUT2D eigenvalue weighted by atomic mass is 19.4. The molecule has 0 heterocycles. The molecule has 0 amide bonds. The van der Waals surface area contributed by atoms with Crippen molar-refractivity contribution in [3.63, 3.8) is 0 Å². The molecule has 2 N–H and O–H groups in total. The molecule has 1 rings (SSSR count). The number of aliphatic hydroxyl groups is 1. The smallest absolute Gasteiger partial charge is 0.419 e. The Morgan fingerprint density at radius 3 is 1.84 bits per heavy atom. The number of phenolic OH excluding ortho intramolecular Hbond substituents is 1. The zero-order valence-electron chi connectivity index (χ0n) is 9.81. The van der Waals surface area contributed by atoms with E-state index in [0.717, 1.165) is 19.1 Å². The molecule has 0 aromatic heterocycles. The van der Waals surface area contributed by atoms with Crippen molar-refractivity contribution in [1.29, 1.82) is 0 Å². The zero-order valence-corrected chi connectivity index (χ0v) is 9.81. The van der Waals surface area contributed by atoms with Crippen LogP contribution in [0.5, 0.6) is 5.75 Å². The molecule has 0 saturated carbocycles. The maximum Gasteiger partial charge on any atom is 0.419 e. The molecule has 0 fully saturated rings. The summed E-state index contributed by atoms with van der Waals surface area (Å²) in [4.78, 5) is 0. The van der Waals surface area contributed by atoms with Crippen molar-refractivity contribution in [2.75, 3.05) is 0 Å². The van der Waals surface area contributed by atoms with Gasteiger partial charge in [0.1, 0.15) is 5.75 Å². The first-order chi connectivity index (χ1) is 8.51. The van der Waals surface area contributed by atoms with Gasteiger partial charge in [0.15, 0.2) is 0 Å². The topological polar surface area (TPSA) is 40.5 Å². The fourth-order valence-corrected chi connectivity index (χ4v) is 0.909. The van der Waals surface area contributed by atoms with Crippen LogP contribution < -0.4 is 0 Å². The van der Waals surface area contributed by atoms with Crippen LogP contribution in [-0.4, -0.2) is 16.4 Å². The number of alkyl halides is 6. The van der Waals surface area contributed by atoms with E-state index < -0.39 is 36.7 Å². The molecule has 2 nitrogen and oxygen atoms in total.